The molecule has 172 valence electrons. The van der Waals surface area contributed by atoms with Crippen LogP contribution in [0, 0.1) is 0 Å². The van der Waals surface area contributed by atoms with E-state index in [2.05, 4.69) is 39.5 Å². The molecule has 1 fully saturated rings. The number of benzene rings is 1. The number of rotatable bonds is 6. The fourth-order valence-electron chi connectivity index (χ4n) is 3.84. The van der Waals surface area contributed by atoms with E-state index in [1.165, 1.54) is 5.56 Å². The maximum atomic E-state index is 11.9. The predicted octanol–water partition coefficient (Wildman–Crippen LogP) is 3.06. The van der Waals surface area contributed by atoms with Gasteiger partial charge in [0.25, 0.3) is 5.88 Å². The molecule has 32 heavy (non-hydrogen) atoms. The second-order valence-corrected chi connectivity index (χ2v) is 9.01. The van der Waals surface area contributed by atoms with Gasteiger partial charge in [0.2, 0.25) is 0 Å². The average molecular weight is 442 g/mol. The fraction of sp³-hybridized carbons (Fsp3) is 0.500. The lowest BCUT2D eigenvalue weighted by Crippen LogP contribution is -2.42. The molecule has 0 aliphatic carbocycles. The van der Waals surface area contributed by atoms with Gasteiger partial charge in [0.15, 0.2) is 11.9 Å². The number of piperidine rings is 1. The summed E-state index contributed by atoms with van der Waals surface area (Å²) in [6, 6.07) is 12.1. The van der Waals surface area contributed by atoms with Crippen molar-refractivity contribution in [1.82, 2.24) is 15.2 Å². The molecular formula is C24H31N3O5. The summed E-state index contributed by atoms with van der Waals surface area (Å²) in [6.07, 6.45) is 2.58. The lowest BCUT2D eigenvalue weighted by molar-refractivity contribution is 0.0387. The minimum atomic E-state index is -0.949. The Morgan fingerprint density at radius 3 is 2.72 bits per heavy atom. The number of hydrogen-bond donors (Lipinski definition) is 2. The topological polar surface area (TPSA) is 93.2 Å². The van der Waals surface area contributed by atoms with E-state index in [0.29, 0.717) is 18.2 Å². The number of fused-ring (bicyclic) bond motifs is 1. The quantitative estimate of drug-likeness (QED) is 0.712. The van der Waals surface area contributed by atoms with E-state index in [4.69, 9.17) is 14.2 Å². The Hall–Kier alpha value is -2.84. The van der Waals surface area contributed by atoms with Crippen LogP contribution < -0.4 is 14.8 Å². The molecule has 1 aromatic carbocycles. The molecule has 1 atom stereocenters. The van der Waals surface area contributed by atoms with Crippen molar-refractivity contribution in [2.45, 2.75) is 51.0 Å². The molecule has 1 amide bonds. The number of pyridine rings is 1. The number of aromatic nitrogens is 1. The molecule has 8 heteroatoms. The zero-order valence-corrected chi connectivity index (χ0v) is 18.6. The van der Waals surface area contributed by atoms with Gasteiger partial charge in [0, 0.05) is 32.4 Å². The number of carbonyl (C=O) groups excluding carboxylic acids is 1. The van der Waals surface area contributed by atoms with Gasteiger partial charge in [-0.05, 0) is 49.9 Å². The zero-order valence-electron chi connectivity index (χ0n) is 18.6. The number of carbonyl (C=O) groups is 1. The SMILES string of the molecule is CC(C)(O)CNC(=O)OC1CCN(Cc2ccc([C@H]3COc4cccnc4O3)cc2)CC1. The number of alkyl carbamates (subject to hydrolysis) is 1. The minimum Gasteiger partial charge on any atom is -0.484 e. The number of likely N-dealkylation sites (tertiary alicyclic amines) is 1. The van der Waals surface area contributed by atoms with Gasteiger partial charge in [-0.25, -0.2) is 9.78 Å². The summed E-state index contributed by atoms with van der Waals surface area (Å²) in [5.74, 6) is 1.22. The van der Waals surface area contributed by atoms with E-state index < -0.39 is 11.7 Å². The third kappa shape index (κ3) is 6.11. The van der Waals surface area contributed by atoms with Crippen LogP contribution in [-0.4, -0.2) is 59.0 Å². The molecular weight excluding hydrogens is 410 g/mol. The Labute approximate surface area is 188 Å². The molecule has 0 unspecified atom stereocenters. The first-order chi connectivity index (χ1) is 15.4. The highest BCUT2D eigenvalue weighted by Crippen LogP contribution is 2.34. The van der Waals surface area contributed by atoms with Crippen LogP contribution in [0.1, 0.15) is 43.9 Å². The van der Waals surface area contributed by atoms with Gasteiger partial charge in [0.05, 0.1) is 5.60 Å². The first kappa shape index (κ1) is 22.4. The number of hydrogen-bond acceptors (Lipinski definition) is 7. The van der Waals surface area contributed by atoms with Crippen LogP contribution in [0.5, 0.6) is 11.6 Å². The van der Waals surface area contributed by atoms with Gasteiger partial charge < -0.3 is 24.6 Å². The molecule has 0 bridgehead atoms. The summed E-state index contributed by atoms with van der Waals surface area (Å²) in [7, 11) is 0. The molecule has 0 radical (unpaired) electrons. The van der Waals surface area contributed by atoms with Crippen LogP contribution in [0.15, 0.2) is 42.6 Å². The fourth-order valence-corrected chi connectivity index (χ4v) is 3.84. The number of amides is 1. The van der Waals surface area contributed by atoms with Gasteiger partial charge in [-0.15, -0.1) is 0 Å². The average Bonchev–Trinajstić information content (AvgIpc) is 2.79. The molecule has 1 saturated heterocycles. The van der Waals surface area contributed by atoms with Gasteiger partial charge in [-0.1, -0.05) is 24.3 Å². The van der Waals surface area contributed by atoms with Crippen LogP contribution in [0.3, 0.4) is 0 Å². The lowest BCUT2D eigenvalue weighted by Gasteiger charge is -2.32. The molecule has 2 N–H and O–H groups in total. The summed E-state index contributed by atoms with van der Waals surface area (Å²) in [6.45, 7) is 6.51. The molecule has 3 heterocycles. The molecule has 4 rings (SSSR count). The summed E-state index contributed by atoms with van der Waals surface area (Å²) in [5.41, 5.74) is 1.34. The van der Waals surface area contributed by atoms with Crippen molar-refractivity contribution >= 4 is 6.09 Å². The summed E-state index contributed by atoms with van der Waals surface area (Å²) in [4.78, 5) is 18.5. The monoisotopic (exact) mass is 441 g/mol. The van der Waals surface area contributed by atoms with E-state index in [-0.39, 0.29) is 18.8 Å². The van der Waals surface area contributed by atoms with Crippen molar-refractivity contribution in [3.63, 3.8) is 0 Å². The largest absolute Gasteiger partial charge is 0.484 e. The molecule has 2 aliphatic rings. The summed E-state index contributed by atoms with van der Waals surface area (Å²) in [5, 5.41) is 12.3. The highest BCUT2D eigenvalue weighted by Gasteiger charge is 2.25. The molecule has 2 aromatic rings. The first-order valence-electron chi connectivity index (χ1n) is 11.1. The van der Waals surface area contributed by atoms with Crippen molar-refractivity contribution < 1.29 is 24.1 Å². The molecule has 0 spiro atoms. The van der Waals surface area contributed by atoms with Crippen LogP contribution in [0.2, 0.25) is 0 Å². The van der Waals surface area contributed by atoms with Gasteiger partial charge in [-0.2, -0.15) is 0 Å². The third-order valence-corrected chi connectivity index (χ3v) is 5.61. The third-order valence-electron chi connectivity index (χ3n) is 5.61. The standard InChI is InChI=1S/C24H31N3O5/c1-24(2,29)16-26-23(28)31-19-9-12-27(13-10-19)14-17-5-7-18(8-6-17)21-15-30-20-4-3-11-25-22(20)32-21/h3-8,11,19,21,29H,9-10,12-16H2,1-2H3,(H,26,28)/t21-/m1/s1. The Bertz CT molecular complexity index is 905. The normalized spacial score (nSPS) is 19.4. The first-order valence-corrected chi connectivity index (χ1v) is 11.1. The molecule has 8 nitrogen and oxygen atoms in total. The maximum Gasteiger partial charge on any atom is 0.407 e. The van der Waals surface area contributed by atoms with Gasteiger partial charge in [0.1, 0.15) is 12.7 Å². The van der Waals surface area contributed by atoms with E-state index in [9.17, 15) is 9.90 Å². The smallest absolute Gasteiger partial charge is 0.407 e. The highest BCUT2D eigenvalue weighted by molar-refractivity contribution is 5.67. The zero-order chi connectivity index (χ0) is 22.6. The van der Waals surface area contributed by atoms with Crippen LogP contribution in [-0.2, 0) is 11.3 Å². The van der Waals surface area contributed by atoms with Crippen molar-refractivity contribution in [1.29, 1.82) is 0 Å². The minimum absolute atomic E-state index is 0.0876. The summed E-state index contributed by atoms with van der Waals surface area (Å²) >= 11 is 0. The predicted molar refractivity (Wildman–Crippen MR) is 119 cm³/mol. The van der Waals surface area contributed by atoms with Crippen LogP contribution >= 0.6 is 0 Å². The van der Waals surface area contributed by atoms with E-state index in [1.807, 2.05) is 12.1 Å². The van der Waals surface area contributed by atoms with E-state index in [1.54, 1.807) is 20.0 Å². The van der Waals surface area contributed by atoms with Gasteiger partial charge >= 0.3 is 6.09 Å². The summed E-state index contributed by atoms with van der Waals surface area (Å²) < 4.78 is 17.2. The van der Waals surface area contributed by atoms with E-state index in [0.717, 1.165) is 38.0 Å². The van der Waals surface area contributed by atoms with Crippen LogP contribution in [0.4, 0.5) is 4.79 Å². The maximum absolute atomic E-state index is 11.9. The second-order valence-electron chi connectivity index (χ2n) is 9.01. The molecule has 1 aromatic heterocycles. The number of ether oxygens (including phenoxy) is 3. The Kier molecular flexibility index (Phi) is 6.81. The second kappa shape index (κ2) is 9.75. The molecule has 0 saturated carbocycles. The Balaban J connectivity index is 1.22. The van der Waals surface area contributed by atoms with Crippen molar-refractivity contribution in [3.05, 3.63) is 53.7 Å². The Morgan fingerprint density at radius 1 is 1.25 bits per heavy atom. The van der Waals surface area contributed by atoms with Crippen molar-refractivity contribution in [3.8, 4) is 11.6 Å². The van der Waals surface area contributed by atoms with Crippen molar-refractivity contribution in [2.24, 2.45) is 0 Å². The number of nitrogens with zero attached hydrogens (tertiary/aromatic N) is 2. The van der Waals surface area contributed by atoms with E-state index >= 15 is 0 Å². The number of nitrogens with one attached hydrogen (secondary N) is 1. The Morgan fingerprint density at radius 2 is 2.00 bits per heavy atom. The van der Waals surface area contributed by atoms with Crippen LogP contribution in [0.25, 0.3) is 0 Å². The molecule has 2 aliphatic heterocycles. The van der Waals surface area contributed by atoms with Crippen molar-refractivity contribution in [2.75, 3.05) is 26.2 Å². The number of aliphatic hydroxyl groups is 1. The lowest BCUT2D eigenvalue weighted by atomic mass is 10.0. The van der Waals surface area contributed by atoms with Gasteiger partial charge in [-0.3, -0.25) is 4.90 Å². The highest BCUT2D eigenvalue weighted by atomic mass is 16.6.